The van der Waals surface area contributed by atoms with Crippen molar-refractivity contribution in [2.45, 2.75) is 51.7 Å². The van der Waals surface area contributed by atoms with E-state index in [0.29, 0.717) is 11.9 Å². The lowest BCUT2D eigenvalue weighted by atomic mass is 9.86. The van der Waals surface area contributed by atoms with E-state index in [9.17, 15) is 4.79 Å². The lowest BCUT2D eigenvalue weighted by Crippen LogP contribution is -2.52. The minimum Gasteiger partial charge on any atom is -0.490 e. The first-order valence-electron chi connectivity index (χ1n) is 11.3. The van der Waals surface area contributed by atoms with E-state index >= 15 is 0 Å². The average molecular weight is 408 g/mol. The minimum absolute atomic E-state index is 0.171. The van der Waals surface area contributed by atoms with Gasteiger partial charge in [0.05, 0.1) is 6.10 Å². The molecule has 2 fully saturated rings. The molecule has 0 spiro atoms. The van der Waals surface area contributed by atoms with E-state index in [1.807, 2.05) is 36.7 Å². The van der Waals surface area contributed by atoms with Gasteiger partial charge >= 0.3 is 0 Å². The highest BCUT2D eigenvalue weighted by Gasteiger charge is 2.32. The zero-order valence-corrected chi connectivity index (χ0v) is 18.2. The maximum absolute atomic E-state index is 12.9. The molecule has 0 unspecified atom stereocenters. The fraction of sp³-hybridized carbons (Fsp3) is 0.520. The second kappa shape index (κ2) is 9.61. The Kier molecular flexibility index (Phi) is 6.68. The van der Waals surface area contributed by atoms with Crippen LogP contribution >= 0.6 is 0 Å². The Morgan fingerprint density at radius 1 is 0.900 bits per heavy atom. The number of hydrogen-bond acceptors (Lipinski definition) is 4. The predicted molar refractivity (Wildman–Crippen MR) is 119 cm³/mol. The Bertz CT molecular complexity index is 806. The van der Waals surface area contributed by atoms with Crippen molar-refractivity contribution in [1.82, 2.24) is 14.8 Å². The van der Waals surface area contributed by atoms with Crippen LogP contribution in [0.15, 0.2) is 48.8 Å². The average Bonchev–Trinajstić information content (AvgIpc) is 2.80. The van der Waals surface area contributed by atoms with Gasteiger partial charge in [-0.05, 0) is 74.9 Å². The van der Waals surface area contributed by atoms with Crippen LogP contribution in [0.25, 0.3) is 11.1 Å². The monoisotopic (exact) mass is 407 g/mol. The maximum atomic E-state index is 12.9. The highest BCUT2D eigenvalue weighted by atomic mass is 16.5. The van der Waals surface area contributed by atoms with Gasteiger partial charge in [-0.25, -0.2) is 0 Å². The molecule has 0 N–H and O–H groups in total. The van der Waals surface area contributed by atoms with Crippen LogP contribution in [0.3, 0.4) is 0 Å². The summed E-state index contributed by atoms with van der Waals surface area (Å²) in [7, 11) is 0. The van der Waals surface area contributed by atoms with E-state index in [4.69, 9.17) is 4.74 Å². The smallest absolute Gasteiger partial charge is 0.225 e. The third-order valence-corrected chi connectivity index (χ3v) is 6.55. The normalized spacial score (nSPS) is 22.8. The molecule has 30 heavy (non-hydrogen) atoms. The van der Waals surface area contributed by atoms with Crippen molar-refractivity contribution >= 4 is 5.91 Å². The van der Waals surface area contributed by atoms with Crippen LogP contribution < -0.4 is 4.74 Å². The zero-order valence-electron chi connectivity index (χ0n) is 18.2. The number of carbonyl (C=O) groups excluding carboxylic acids is 1. The Balaban J connectivity index is 1.24. The van der Waals surface area contributed by atoms with Gasteiger partial charge in [0.2, 0.25) is 5.91 Å². The van der Waals surface area contributed by atoms with Gasteiger partial charge in [-0.3, -0.25) is 14.7 Å². The van der Waals surface area contributed by atoms with E-state index in [1.165, 1.54) is 0 Å². The lowest BCUT2D eigenvalue weighted by Gasteiger charge is -2.39. The van der Waals surface area contributed by atoms with Crippen molar-refractivity contribution < 1.29 is 9.53 Å². The van der Waals surface area contributed by atoms with Crippen molar-refractivity contribution in [2.24, 2.45) is 5.92 Å². The van der Waals surface area contributed by atoms with Gasteiger partial charge in [0.25, 0.3) is 0 Å². The second-order valence-corrected chi connectivity index (χ2v) is 8.81. The van der Waals surface area contributed by atoms with Crippen molar-refractivity contribution in [3.8, 4) is 16.9 Å². The summed E-state index contributed by atoms with van der Waals surface area (Å²) in [5.41, 5.74) is 2.32. The first kappa shape index (κ1) is 20.9. The van der Waals surface area contributed by atoms with Gasteiger partial charge in [0.15, 0.2) is 0 Å². The Labute approximate surface area is 180 Å². The van der Waals surface area contributed by atoms with Crippen molar-refractivity contribution in [2.75, 3.05) is 26.2 Å². The molecular weight excluding hydrogens is 374 g/mol. The quantitative estimate of drug-likeness (QED) is 0.744. The summed E-state index contributed by atoms with van der Waals surface area (Å²) in [5, 5.41) is 0. The van der Waals surface area contributed by atoms with Gasteiger partial charge < -0.3 is 9.64 Å². The third-order valence-electron chi connectivity index (χ3n) is 6.55. The summed E-state index contributed by atoms with van der Waals surface area (Å²) in [5.74, 6) is 1.44. The van der Waals surface area contributed by atoms with E-state index < -0.39 is 0 Å². The summed E-state index contributed by atoms with van der Waals surface area (Å²) >= 11 is 0. The number of carbonyl (C=O) groups is 1. The largest absolute Gasteiger partial charge is 0.490 e. The molecule has 2 aliphatic rings. The fourth-order valence-electron chi connectivity index (χ4n) is 4.61. The summed E-state index contributed by atoms with van der Waals surface area (Å²) in [6.07, 6.45) is 7.60. The highest BCUT2D eigenvalue weighted by Crippen LogP contribution is 2.30. The topological polar surface area (TPSA) is 45.7 Å². The number of pyridine rings is 1. The van der Waals surface area contributed by atoms with Gasteiger partial charge in [-0.15, -0.1) is 0 Å². The number of hydrogen-bond donors (Lipinski definition) is 0. The predicted octanol–water partition coefficient (Wildman–Crippen LogP) is 4.24. The van der Waals surface area contributed by atoms with Gasteiger partial charge in [0.1, 0.15) is 5.75 Å². The molecule has 1 aliphatic carbocycles. The molecule has 0 radical (unpaired) electrons. The zero-order chi connectivity index (χ0) is 20.9. The number of aromatic nitrogens is 1. The standard InChI is InChI=1S/C25H33N3O2/c1-19(2)27-15-17-28(18-16-27)25(29)22-5-9-24(10-6-22)30-23-7-3-20(4-8-23)21-11-13-26-14-12-21/h3-4,7-8,11-14,19,22,24H,5-6,9-10,15-18H2,1-2H3/t22-,24-. The molecule has 5 heteroatoms. The van der Waals surface area contributed by atoms with Crippen LogP contribution in [0.1, 0.15) is 39.5 Å². The number of benzene rings is 1. The molecule has 0 bridgehead atoms. The Morgan fingerprint density at radius 3 is 2.10 bits per heavy atom. The van der Waals surface area contributed by atoms with Crippen molar-refractivity contribution in [3.05, 3.63) is 48.8 Å². The fourth-order valence-corrected chi connectivity index (χ4v) is 4.61. The number of piperazine rings is 1. The molecule has 1 aliphatic heterocycles. The van der Waals surface area contributed by atoms with E-state index in [-0.39, 0.29) is 12.0 Å². The van der Waals surface area contributed by atoms with Gasteiger partial charge in [0, 0.05) is 50.5 Å². The van der Waals surface area contributed by atoms with Crippen LogP contribution in [0.2, 0.25) is 0 Å². The molecular formula is C25H33N3O2. The summed E-state index contributed by atoms with van der Waals surface area (Å²) in [4.78, 5) is 21.5. The van der Waals surface area contributed by atoms with E-state index in [2.05, 4.69) is 40.8 Å². The van der Waals surface area contributed by atoms with Crippen molar-refractivity contribution in [3.63, 3.8) is 0 Å². The molecule has 1 aromatic carbocycles. The summed E-state index contributed by atoms with van der Waals surface area (Å²) in [6, 6.07) is 12.9. The number of ether oxygens (including phenoxy) is 1. The molecule has 5 nitrogen and oxygen atoms in total. The minimum atomic E-state index is 0.171. The van der Waals surface area contributed by atoms with Crippen LogP contribution in [0.5, 0.6) is 5.75 Å². The van der Waals surface area contributed by atoms with Crippen LogP contribution in [0, 0.1) is 5.92 Å². The van der Waals surface area contributed by atoms with Crippen LogP contribution in [-0.4, -0.2) is 59.0 Å². The van der Waals surface area contributed by atoms with Crippen LogP contribution in [-0.2, 0) is 4.79 Å². The van der Waals surface area contributed by atoms with Crippen molar-refractivity contribution in [1.29, 1.82) is 0 Å². The molecule has 1 aromatic heterocycles. The summed E-state index contributed by atoms with van der Waals surface area (Å²) in [6.45, 7) is 8.19. The molecule has 160 valence electrons. The number of amides is 1. The van der Waals surface area contributed by atoms with Gasteiger partial charge in [-0.2, -0.15) is 0 Å². The Morgan fingerprint density at radius 2 is 1.50 bits per heavy atom. The number of nitrogens with zero attached hydrogens (tertiary/aromatic N) is 3. The van der Waals surface area contributed by atoms with E-state index in [1.54, 1.807) is 0 Å². The van der Waals surface area contributed by atoms with E-state index in [0.717, 1.165) is 68.7 Å². The highest BCUT2D eigenvalue weighted by molar-refractivity contribution is 5.79. The van der Waals surface area contributed by atoms with Crippen LogP contribution in [0.4, 0.5) is 0 Å². The molecule has 1 amide bonds. The first-order valence-corrected chi connectivity index (χ1v) is 11.3. The van der Waals surface area contributed by atoms with Gasteiger partial charge in [-0.1, -0.05) is 12.1 Å². The first-order chi connectivity index (χ1) is 14.6. The second-order valence-electron chi connectivity index (χ2n) is 8.81. The molecule has 4 rings (SSSR count). The molecule has 1 saturated carbocycles. The molecule has 2 heterocycles. The third kappa shape index (κ3) is 5.01. The molecule has 0 atom stereocenters. The molecule has 2 aromatic rings. The number of rotatable bonds is 5. The SMILES string of the molecule is CC(C)N1CCN(C(=O)[C@H]2CC[C@H](Oc3ccc(-c4ccncc4)cc3)CC2)CC1. The molecule has 1 saturated heterocycles. The summed E-state index contributed by atoms with van der Waals surface area (Å²) < 4.78 is 6.22. The maximum Gasteiger partial charge on any atom is 0.225 e. The Hall–Kier alpha value is -2.40. The lowest BCUT2D eigenvalue weighted by molar-refractivity contribution is -0.139.